The van der Waals surface area contributed by atoms with Crippen LogP contribution >= 0.6 is 34.4 Å². The topological polar surface area (TPSA) is 115 Å². The van der Waals surface area contributed by atoms with Crippen molar-refractivity contribution in [3.05, 3.63) is 21.3 Å². The number of ether oxygens (including phenoxy) is 2. The zero-order valence-corrected chi connectivity index (χ0v) is 15.0. The van der Waals surface area contributed by atoms with Gasteiger partial charge in [-0.15, -0.1) is 5.10 Å². The predicted molar refractivity (Wildman–Crippen MR) is 96.0 cm³/mol. The second-order valence-corrected chi connectivity index (χ2v) is 6.40. The molecule has 0 bridgehead atoms. The van der Waals surface area contributed by atoms with E-state index in [9.17, 15) is 9.59 Å². The Morgan fingerprint density at radius 3 is 2.96 bits per heavy atom. The predicted octanol–water partition coefficient (Wildman–Crippen LogP) is 0.717. The summed E-state index contributed by atoms with van der Waals surface area (Å²) in [7, 11) is 1.49. The van der Waals surface area contributed by atoms with Gasteiger partial charge in [0.1, 0.15) is 0 Å². The van der Waals surface area contributed by atoms with Gasteiger partial charge in [-0.25, -0.2) is 0 Å². The Kier molecular flexibility index (Phi) is 6.21. The Hall–Kier alpha value is -1.82. The lowest BCUT2D eigenvalue weighted by Gasteiger charge is -2.12. The van der Waals surface area contributed by atoms with Gasteiger partial charge in [0, 0.05) is 0 Å². The number of thioether (sulfide) groups is 1. The molecule has 10 heteroatoms. The number of benzene rings is 1. The minimum Gasteiger partial charge on any atom is -0.493 e. The number of carbonyl (C=O) groups is 2. The van der Waals surface area contributed by atoms with E-state index in [2.05, 4.69) is 38.1 Å². The number of amidine groups is 1. The smallest absolute Gasteiger partial charge is 0.255 e. The number of rotatable bonds is 6. The van der Waals surface area contributed by atoms with Crippen molar-refractivity contribution in [3.63, 3.8) is 0 Å². The summed E-state index contributed by atoms with van der Waals surface area (Å²) < 4.78 is 11.3. The highest BCUT2D eigenvalue weighted by atomic mass is 127. The molecule has 1 fully saturated rings. The van der Waals surface area contributed by atoms with Crippen LogP contribution in [0.3, 0.4) is 0 Å². The number of amides is 2. The molecule has 0 aliphatic carbocycles. The van der Waals surface area contributed by atoms with Crippen LogP contribution in [0.5, 0.6) is 11.5 Å². The summed E-state index contributed by atoms with van der Waals surface area (Å²) in [5, 5.41) is 10.9. The molecule has 1 aromatic rings. The Bertz CT molecular complexity index is 693. The highest BCUT2D eigenvalue weighted by Crippen LogP contribution is 2.33. The molecule has 0 aromatic heterocycles. The third-order valence-electron chi connectivity index (χ3n) is 2.55. The number of hydrogen-bond donors (Lipinski definition) is 2. The van der Waals surface area contributed by atoms with E-state index in [1.807, 2.05) is 0 Å². The fraction of sp³-hybridized carbons (Fsp3) is 0.231. The first-order chi connectivity index (χ1) is 11.0. The summed E-state index contributed by atoms with van der Waals surface area (Å²) in [6.45, 7) is -0.232. The lowest BCUT2D eigenvalue weighted by Crippen LogP contribution is -2.20. The van der Waals surface area contributed by atoms with E-state index in [1.165, 1.54) is 25.1 Å². The molecule has 0 unspecified atom stereocenters. The first kappa shape index (κ1) is 17.5. The number of nitrogens with one attached hydrogen (secondary N) is 1. The first-order valence-corrected chi connectivity index (χ1v) is 8.38. The van der Waals surface area contributed by atoms with Gasteiger partial charge in [-0.3, -0.25) is 9.59 Å². The van der Waals surface area contributed by atoms with Crippen molar-refractivity contribution in [3.8, 4) is 11.5 Å². The fourth-order valence-electron chi connectivity index (χ4n) is 1.62. The van der Waals surface area contributed by atoms with E-state index in [4.69, 9.17) is 15.2 Å². The third-order valence-corrected chi connectivity index (χ3v) is 4.22. The maximum absolute atomic E-state index is 11.0. The molecule has 3 N–H and O–H groups in total. The number of primary amides is 1. The van der Waals surface area contributed by atoms with Gasteiger partial charge < -0.3 is 20.5 Å². The largest absolute Gasteiger partial charge is 0.493 e. The van der Waals surface area contributed by atoms with Gasteiger partial charge >= 0.3 is 0 Å². The molecule has 122 valence electrons. The summed E-state index contributed by atoms with van der Waals surface area (Å²) in [5.74, 6) is 0.590. The number of hydrogen-bond acceptors (Lipinski definition) is 7. The van der Waals surface area contributed by atoms with E-state index >= 15 is 0 Å². The Labute approximate surface area is 150 Å². The molecule has 0 spiro atoms. The monoisotopic (exact) mass is 448 g/mol. The lowest BCUT2D eigenvalue weighted by molar-refractivity contribution is -0.120. The third kappa shape index (κ3) is 5.10. The second kappa shape index (κ2) is 8.15. The molecule has 0 radical (unpaired) electrons. The van der Waals surface area contributed by atoms with Crippen LogP contribution in [0, 0.1) is 3.57 Å². The van der Waals surface area contributed by atoms with Gasteiger partial charge in [0.2, 0.25) is 5.91 Å². The number of halogens is 1. The van der Waals surface area contributed by atoms with Crippen molar-refractivity contribution in [1.29, 1.82) is 0 Å². The quantitative estimate of drug-likeness (QED) is 0.378. The minimum absolute atomic E-state index is 0.0869. The van der Waals surface area contributed by atoms with Gasteiger partial charge in [-0.05, 0) is 40.3 Å². The summed E-state index contributed by atoms with van der Waals surface area (Å²) in [6, 6.07) is 3.49. The molecule has 1 aliphatic heterocycles. The van der Waals surface area contributed by atoms with Gasteiger partial charge in [0.05, 0.1) is 22.6 Å². The Balaban J connectivity index is 2.15. The normalized spacial score (nSPS) is 15.9. The zero-order chi connectivity index (χ0) is 16.8. The molecule has 0 saturated carbocycles. The number of methoxy groups -OCH3 is 1. The fourth-order valence-corrected chi connectivity index (χ4v) is 3.04. The van der Waals surface area contributed by atoms with Crippen molar-refractivity contribution >= 4 is 57.5 Å². The molecule has 1 aliphatic rings. The lowest BCUT2D eigenvalue weighted by atomic mass is 10.2. The van der Waals surface area contributed by atoms with Gasteiger partial charge in [-0.2, -0.15) is 5.10 Å². The molecule has 23 heavy (non-hydrogen) atoms. The van der Waals surface area contributed by atoms with Crippen LogP contribution in [0.25, 0.3) is 0 Å². The Morgan fingerprint density at radius 2 is 2.35 bits per heavy atom. The molecular formula is C13H13IN4O4S. The maximum atomic E-state index is 11.0. The number of carbonyl (C=O) groups excluding carboxylic acids is 2. The van der Waals surface area contributed by atoms with Crippen molar-refractivity contribution in [2.75, 3.05) is 19.5 Å². The van der Waals surface area contributed by atoms with Crippen molar-refractivity contribution in [2.24, 2.45) is 15.9 Å². The second-order valence-electron chi connectivity index (χ2n) is 4.28. The first-order valence-electron chi connectivity index (χ1n) is 6.32. The van der Waals surface area contributed by atoms with Crippen LogP contribution in [-0.4, -0.2) is 42.7 Å². The van der Waals surface area contributed by atoms with Crippen LogP contribution in [0.4, 0.5) is 0 Å². The Morgan fingerprint density at radius 1 is 1.57 bits per heavy atom. The molecule has 8 nitrogen and oxygen atoms in total. The molecule has 2 rings (SSSR count). The van der Waals surface area contributed by atoms with Crippen molar-refractivity contribution in [2.45, 2.75) is 0 Å². The molecule has 1 heterocycles. The summed E-state index contributed by atoms with van der Waals surface area (Å²) in [5.41, 5.74) is 5.80. The average molecular weight is 448 g/mol. The summed E-state index contributed by atoms with van der Waals surface area (Å²) in [6.07, 6.45) is 1.53. The van der Waals surface area contributed by atoms with Crippen LogP contribution < -0.4 is 20.5 Å². The van der Waals surface area contributed by atoms with Gasteiger partial charge in [0.25, 0.3) is 5.91 Å². The molecule has 1 saturated heterocycles. The highest BCUT2D eigenvalue weighted by molar-refractivity contribution is 14.1. The van der Waals surface area contributed by atoms with Crippen LogP contribution in [0.1, 0.15) is 5.56 Å². The average Bonchev–Trinajstić information content (AvgIpc) is 2.91. The highest BCUT2D eigenvalue weighted by Gasteiger charge is 2.16. The zero-order valence-electron chi connectivity index (χ0n) is 12.0. The van der Waals surface area contributed by atoms with Crippen LogP contribution in [0.2, 0.25) is 0 Å². The van der Waals surface area contributed by atoms with Gasteiger partial charge in [-0.1, -0.05) is 11.8 Å². The summed E-state index contributed by atoms with van der Waals surface area (Å²) in [4.78, 5) is 21.9. The molecular weight excluding hydrogens is 435 g/mol. The minimum atomic E-state index is -0.569. The van der Waals surface area contributed by atoms with Crippen LogP contribution in [0.15, 0.2) is 22.3 Å². The molecule has 2 amide bonds. The van der Waals surface area contributed by atoms with Crippen LogP contribution in [-0.2, 0) is 9.59 Å². The number of nitrogens with zero attached hydrogens (tertiary/aromatic N) is 2. The molecule has 0 atom stereocenters. The SMILES string of the molecule is COc1cc(C=NN=C2NC(=O)CS2)cc(I)c1OCC(N)=O. The van der Waals surface area contributed by atoms with Crippen molar-refractivity contribution in [1.82, 2.24) is 5.32 Å². The van der Waals surface area contributed by atoms with E-state index in [-0.39, 0.29) is 12.5 Å². The van der Waals surface area contributed by atoms with E-state index < -0.39 is 5.91 Å². The van der Waals surface area contributed by atoms with Crippen molar-refractivity contribution < 1.29 is 19.1 Å². The van der Waals surface area contributed by atoms with E-state index in [0.29, 0.717) is 22.4 Å². The number of nitrogens with two attached hydrogens (primary N) is 1. The maximum Gasteiger partial charge on any atom is 0.255 e. The standard InChI is InChI=1S/C13H13IN4O4S/c1-21-9-3-7(2-8(14)12(9)22-5-10(15)19)4-16-18-13-17-11(20)6-23-13/h2-4H,5-6H2,1H3,(H2,15,19)(H,17,18,20). The van der Waals surface area contributed by atoms with Gasteiger partial charge in [0.15, 0.2) is 23.3 Å². The van der Waals surface area contributed by atoms with E-state index in [0.717, 1.165) is 9.13 Å². The van der Waals surface area contributed by atoms with E-state index in [1.54, 1.807) is 12.1 Å². The molecule has 1 aromatic carbocycles. The summed E-state index contributed by atoms with van der Waals surface area (Å²) >= 11 is 3.35.